The number of rotatable bonds is 3. The molecule has 0 spiro atoms. The molecule has 0 amide bonds. The molecule has 1 aliphatic rings. The van der Waals surface area contributed by atoms with Crippen LogP contribution in [0.2, 0.25) is 0 Å². The van der Waals surface area contributed by atoms with Gasteiger partial charge in [0.05, 0.1) is 5.75 Å². The Bertz CT molecular complexity index is 557. The molecule has 0 bridgehead atoms. The monoisotopic (exact) mass is 275 g/mol. The minimum atomic E-state index is -3.71. The highest BCUT2D eigenvalue weighted by atomic mass is 32.2. The molecule has 1 aromatic carbocycles. The molecule has 1 aromatic rings. The molecule has 2 rings (SSSR count). The van der Waals surface area contributed by atoms with E-state index < -0.39 is 32.4 Å². The van der Waals surface area contributed by atoms with Crippen molar-refractivity contribution in [2.24, 2.45) is 0 Å². The highest BCUT2D eigenvalue weighted by molar-refractivity contribution is 7.91. The number of fused-ring (bicyclic) bond motifs is 1. The van der Waals surface area contributed by atoms with Gasteiger partial charge in [-0.25, -0.2) is 17.2 Å². The van der Waals surface area contributed by atoms with Crippen LogP contribution in [0.1, 0.15) is 31.4 Å². The normalized spacial score (nSPS) is 21.6. The Morgan fingerprint density at radius 1 is 1.33 bits per heavy atom. The Morgan fingerprint density at radius 2 is 2.00 bits per heavy atom. The van der Waals surface area contributed by atoms with E-state index in [9.17, 15) is 17.2 Å². The third-order valence-electron chi connectivity index (χ3n) is 3.07. The second kappa shape index (κ2) is 4.93. The number of hydrogen-bond acceptors (Lipinski definition) is 3. The molecule has 100 valence electrons. The molecule has 0 fully saturated rings. The van der Waals surface area contributed by atoms with Gasteiger partial charge in [0.25, 0.3) is 0 Å². The van der Waals surface area contributed by atoms with Crippen LogP contribution in [0.5, 0.6) is 0 Å². The Balaban J connectivity index is 2.55. The zero-order chi connectivity index (χ0) is 13.3. The fourth-order valence-corrected chi connectivity index (χ4v) is 3.92. The molecule has 1 heterocycles. The lowest BCUT2D eigenvalue weighted by atomic mass is 10.0. The molecule has 0 saturated carbocycles. The van der Waals surface area contributed by atoms with Gasteiger partial charge >= 0.3 is 0 Å². The molecular weight excluding hydrogens is 260 g/mol. The standard InChI is InChI=1S/C12H15F2NO2S/c1-2-6-15-10-5-7-18(16,17)12-9(14)4-3-8(13)11(10)12/h3-4,10,15H,2,5-7H2,1H3. The van der Waals surface area contributed by atoms with Gasteiger partial charge in [0.1, 0.15) is 16.5 Å². The lowest BCUT2D eigenvalue weighted by molar-refractivity contribution is 0.449. The summed E-state index contributed by atoms with van der Waals surface area (Å²) in [6.07, 6.45) is 1.12. The first kappa shape index (κ1) is 13.4. The second-order valence-electron chi connectivity index (χ2n) is 4.39. The van der Waals surface area contributed by atoms with Crippen molar-refractivity contribution in [1.29, 1.82) is 0 Å². The summed E-state index contributed by atoms with van der Waals surface area (Å²) in [4.78, 5) is -0.470. The second-order valence-corrected chi connectivity index (χ2v) is 6.43. The third kappa shape index (κ3) is 2.27. The summed E-state index contributed by atoms with van der Waals surface area (Å²) >= 11 is 0. The first-order valence-corrected chi connectivity index (χ1v) is 7.56. The van der Waals surface area contributed by atoms with Gasteiger partial charge in [-0.3, -0.25) is 0 Å². The van der Waals surface area contributed by atoms with E-state index in [4.69, 9.17) is 0 Å². The van der Waals surface area contributed by atoms with Crippen LogP contribution in [0.4, 0.5) is 8.78 Å². The fraction of sp³-hybridized carbons (Fsp3) is 0.500. The van der Waals surface area contributed by atoms with Crippen LogP contribution < -0.4 is 5.32 Å². The summed E-state index contributed by atoms with van der Waals surface area (Å²) in [6, 6.07) is 1.42. The summed E-state index contributed by atoms with van der Waals surface area (Å²) in [7, 11) is -3.71. The molecule has 0 aromatic heterocycles. The highest BCUT2D eigenvalue weighted by Crippen LogP contribution is 2.35. The van der Waals surface area contributed by atoms with E-state index >= 15 is 0 Å². The molecule has 1 aliphatic heterocycles. The summed E-state index contributed by atoms with van der Waals surface area (Å²) in [5.74, 6) is -1.68. The maximum Gasteiger partial charge on any atom is 0.181 e. The first-order chi connectivity index (χ1) is 8.47. The topological polar surface area (TPSA) is 46.2 Å². The average molecular weight is 275 g/mol. The number of nitrogens with one attached hydrogen (secondary N) is 1. The van der Waals surface area contributed by atoms with Crippen molar-refractivity contribution >= 4 is 9.84 Å². The summed E-state index contributed by atoms with van der Waals surface area (Å²) in [5, 5.41) is 3.06. The lowest BCUT2D eigenvalue weighted by Crippen LogP contribution is -2.32. The maximum atomic E-state index is 13.8. The van der Waals surface area contributed by atoms with Crippen molar-refractivity contribution in [2.45, 2.75) is 30.7 Å². The molecule has 1 N–H and O–H groups in total. The summed E-state index contributed by atoms with van der Waals surface area (Å²) in [6.45, 7) is 2.59. The SMILES string of the molecule is CCCNC1CCS(=O)(=O)c2c(F)ccc(F)c21. The van der Waals surface area contributed by atoms with Crippen LogP contribution in [-0.4, -0.2) is 20.7 Å². The highest BCUT2D eigenvalue weighted by Gasteiger charge is 2.35. The zero-order valence-electron chi connectivity index (χ0n) is 10.0. The van der Waals surface area contributed by atoms with Crippen molar-refractivity contribution in [2.75, 3.05) is 12.3 Å². The van der Waals surface area contributed by atoms with Crippen molar-refractivity contribution in [3.05, 3.63) is 29.3 Å². The predicted molar refractivity (Wildman–Crippen MR) is 64.1 cm³/mol. The lowest BCUT2D eigenvalue weighted by Gasteiger charge is -2.27. The van der Waals surface area contributed by atoms with Crippen LogP contribution in [0.25, 0.3) is 0 Å². The van der Waals surface area contributed by atoms with Crippen LogP contribution in [0.3, 0.4) is 0 Å². The minimum absolute atomic E-state index is 0.0466. The summed E-state index contributed by atoms with van der Waals surface area (Å²) < 4.78 is 51.1. The van der Waals surface area contributed by atoms with Gasteiger partial charge in [0, 0.05) is 11.6 Å². The first-order valence-electron chi connectivity index (χ1n) is 5.91. The maximum absolute atomic E-state index is 13.8. The molecule has 0 saturated heterocycles. The molecule has 6 heteroatoms. The van der Waals surface area contributed by atoms with Crippen molar-refractivity contribution < 1.29 is 17.2 Å². The van der Waals surface area contributed by atoms with E-state index in [0.29, 0.717) is 6.54 Å². The molecule has 18 heavy (non-hydrogen) atoms. The number of halogens is 2. The number of sulfone groups is 1. The number of hydrogen-bond donors (Lipinski definition) is 1. The van der Waals surface area contributed by atoms with E-state index in [2.05, 4.69) is 5.32 Å². The van der Waals surface area contributed by atoms with Gasteiger partial charge < -0.3 is 5.32 Å². The Morgan fingerprint density at radius 3 is 2.67 bits per heavy atom. The smallest absolute Gasteiger partial charge is 0.181 e. The fourth-order valence-electron chi connectivity index (χ4n) is 2.23. The largest absolute Gasteiger partial charge is 0.310 e. The van der Waals surface area contributed by atoms with Crippen molar-refractivity contribution in [3.8, 4) is 0 Å². The minimum Gasteiger partial charge on any atom is -0.310 e. The van der Waals surface area contributed by atoms with E-state index in [1.807, 2.05) is 6.92 Å². The molecule has 1 unspecified atom stereocenters. The van der Waals surface area contributed by atoms with Gasteiger partial charge in [-0.2, -0.15) is 0 Å². The Hall–Kier alpha value is -1.01. The Labute approximate surface area is 105 Å². The van der Waals surface area contributed by atoms with Crippen molar-refractivity contribution in [3.63, 3.8) is 0 Å². The van der Waals surface area contributed by atoms with Crippen LogP contribution in [0.15, 0.2) is 17.0 Å². The quantitative estimate of drug-likeness (QED) is 0.919. The van der Waals surface area contributed by atoms with Crippen LogP contribution in [-0.2, 0) is 9.84 Å². The van der Waals surface area contributed by atoms with Crippen LogP contribution >= 0.6 is 0 Å². The molecule has 0 radical (unpaired) electrons. The van der Waals surface area contributed by atoms with Gasteiger partial charge in [0.2, 0.25) is 0 Å². The van der Waals surface area contributed by atoms with Gasteiger partial charge in [0.15, 0.2) is 9.84 Å². The van der Waals surface area contributed by atoms with Crippen LogP contribution in [0, 0.1) is 11.6 Å². The van der Waals surface area contributed by atoms with E-state index in [-0.39, 0.29) is 17.7 Å². The van der Waals surface area contributed by atoms with Crippen molar-refractivity contribution in [1.82, 2.24) is 5.32 Å². The van der Waals surface area contributed by atoms with Gasteiger partial charge in [-0.1, -0.05) is 6.92 Å². The van der Waals surface area contributed by atoms with E-state index in [0.717, 1.165) is 18.6 Å². The summed E-state index contributed by atoms with van der Waals surface area (Å²) in [5.41, 5.74) is -0.0466. The van der Waals surface area contributed by atoms with Gasteiger partial charge in [-0.15, -0.1) is 0 Å². The van der Waals surface area contributed by atoms with E-state index in [1.165, 1.54) is 0 Å². The van der Waals surface area contributed by atoms with E-state index in [1.54, 1.807) is 0 Å². The number of benzene rings is 1. The third-order valence-corrected chi connectivity index (χ3v) is 4.88. The van der Waals surface area contributed by atoms with Gasteiger partial charge in [-0.05, 0) is 31.5 Å². The Kier molecular flexibility index (Phi) is 3.68. The molecule has 1 atom stereocenters. The average Bonchev–Trinajstić information content (AvgIpc) is 2.32. The molecular formula is C12H15F2NO2S. The molecule has 0 aliphatic carbocycles. The predicted octanol–water partition coefficient (Wildman–Crippen LogP) is 2.18. The zero-order valence-corrected chi connectivity index (χ0v) is 10.9. The molecule has 3 nitrogen and oxygen atoms in total.